The minimum Gasteiger partial charge on any atom is -0.481 e. The average Bonchev–Trinajstić information content (AvgIpc) is 3.37. The topological polar surface area (TPSA) is 58.6 Å². The molecule has 0 radical (unpaired) electrons. The van der Waals surface area contributed by atoms with Crippen LogP contribution in [0.4, 0.5) is 5.82 Å². The zero-order valence-electron chi connectivity index (χ0n) is 16.0. The first-order valence-corrected chi connectivity index (χ1v) is 9.64. The monoisotopic (exact) mass is 366 g/mol. The van der Waals surface area contributed by atoms with Crippen molar-refractivity contribution in [2.24, 2.45) is 5.92 Å². The molecule has 2 aliphatic heterocycles. The zero-order valence-corrected chi connectivity index (χ0v) is 16.0. The molecule has 2 aromatic rings. The van der Waals surface area contributed by atoms with E-state index in [0.29, 0.717) is 17.7 Å². The van der Waals surface area contributed by atoms with E-state index in [1.54, 1.807) is 13.3 Å². The van der Waals surface area contributed by atoms with E-state index in [2.05, 4.69) is 21.8 Å². The van der Waals surface area contributed by atoms with E-state index in [4.69, 9.17) is 4.74 Å². The largest absolute Gasteiger partial charge is 0.481 e. The Morgan fingerprint density at radius 2 is 2.04 bits per heavy atom. The summed E-state index contributed by atoms with van der Waals surface area (Å²) < 4.78 is 5.12. The minimum absolute atomic E-state index is 0.0925. The van der Waals surface area contributed by atoms with E-state index < -0.39 is 0 Å². The zero-order chi connectivity index (χ0) is 18.8. The summed E-state index contributed by atoms with van der Waals surface area (Å²) in [5.74, 6) is 2.64. The predicted octanol–water partition coefficient (Wildman–Crippen LogP) is 2.96. The van der Waals surface area contributed by atoms with E-state index in [-0.39, 0.29) is 5.91 Å². The molecule has 4 heterocycles. The molecule has 0 aromatic carbocycles. The highest BCUT2D eigenvalue weighted by atomic mass is 16.5. The summed E-state index contributed by atoms with van der Waals surface area (Å²) in [6.07, 6.45) is 5.76. The van der Waals surface area contributed by atoms with Gasteiger partial charge in [0, 0.05) is 56.1 Å². The fraction of sp³-hybridized carbons (Fsp3) is 0.476. The van der Waals surface area contributed by atoms with Crippen LogP contribution in [0.25, 0.3) is 0 Å². The Morgan fingerprint density at radius 1 is 1.15 bits per heavy atom. The van der Waals surface area contributed by atoms with E-state index >= 15 is 0 Å². The van der Waals surface area contributed by atoms with Crippen molar-refractivity contribution >= 4 is 11.7 Å². The number of carbonyl (C=O) groups excluding carboxylic acids is 1. The molecule has 0 N–H and O–H groups in total. The van der Waals surface area contributed by atoms with Crippen LogP contribution >= 0.6 is 0 Å². The number of anilines is 1. The van der Waals surface area contributed by atoms with Crippen LogP contribution in [0.3, 0.4) is 0 Å². The molecule has 2 fully saturated rings. The van der Waals surface area contributed by atoms with Crippen LogP contribution in [0.5, 0.6) is 5.88 Å². The molecule has 142 valence electrons. The highest BCUT2D eigenvalue weighted by molar-refractivity contribution is 5.95. The van der Waals surface area contributed by atoms with Gasteiger partial charge in [0.1, 0.15) is 5.82 Å². The van der Waals surface area contributed by atoms with Crippen molar-refractivity contribution in [3.05, 3.63) is 47.8 Å². The molecule has 0 spiro atoms. The minimum atomic E-state index is 0.0925. The van der Waals surface area contributed by atoms with Gasteiger partial charge in [0.05, 0.1) is 7.11 Å². The van der Waals surface area contributed by atoms with Gasteiger partial charge in [0.25, 0.3) is 5.91 Å². The lowest BCUT2D eigenvalue weighted by atomic mass is 10.0. The van der Waals surface area contributed by atoms with E-state index in [0.717, 1.165) is 49.5 Å². The van der Waals surface area contributed by atoms with Gasteiger partial charge in [-0.1, -0.05) is 13.0 Å². The Balaban J connectivity index is 1.44. The second-order valence-corrected chi connectivity index (χ2v) is 7.61. The van der Waals surface area contributed by atoms with Crippen LogP contribution in [0, 0.1) is 5.92 Å². The third-order valence-electron chi connectivity index (χ3n) is 5.66. The van der Waals surface area contributed by atoms with Gasteiger partial charge in [-0.3, -0.25) is 4.79 Å². The summed E-state index contributed by atoms with van der Waals surface area (Å²) in [5.41, 5.74) is 1.89. The van der Waals surface area contributed by atoms with Gasteiger partial charge >= 0.3 is 0 Å². The normalized spacial score (nSPS) is 22.3. The molecular weight excluding hydrogens is 340 g/mol. The van der Waals surface area contributed by atoms with Gasteiger partial charge in [0.15, 0.2) is 0 Å². The second kappa shape index (κ2) is 7.55. The standard InChI is InChI=1S/C21H26N4O2/c1-15-6-9-24(13-15)19-11-16(5-8-22-19)21(26)25-10-7-18(14-25)17-3-4-20(27-2)23-12-17/h3-5,8,11-12,15,18H,6-7,9-10,13-14H2,1-2H3. The number of nitrogens with zero attached hydrogens (tertiary/aromatic N) is 4. The number of carbonyl (C=O) groups is 1. The molecule has 0 saturated carbocycles. The van der Waals surface area contributed by atoms with Gasteiger partial charge in [-0.25, -0.2) is 9.97 Å². The number of methoxy groups -OCH3 is 1. The summed E-state index contributed by atoms with van der Waals surface area (Å²) >= 11 is 0. The Hall–Kier alpha value is -2.63. The van der Waals surface area contributed by atoms with Crippen LogP contribution in [0.15, 0.2) is 36.7 Å². The third kappa shape index (κ3) is 3.75. The van der Waals surface area contributed by atoms with Gasteiger partial charge < -0.3 is 14.5 Å². The number of likely N-dealkylation sites (tertiary alicyclic amines) is 1. The lowest BCUT2D eigenvalue weighted by Crippen LogP contribution is -2.29. The molecule has 2 atom stereocenters. The quantitative estimate of drug-likeness (QED) is 0.833. The first-order chi connectivity index (χ1) is 13.1. The maximum atomic E-state index is 13.0. The van der Waals surface area contributed by atoms with Crippen LogP contribution in [-0.2, 0) is 0 Å². The number of hydrogen-bond acceptors (Lipinski definition) is 5. The van der Waals surface area contributed by atoms with Crippen molar-refractivity contribution in [1.29, 1.82) is 0 Å². The molecule has 2 aliphatic rings. The maximum Gasteiger partial charge on any atom is 0.254 e. The fourth-order valence-electron chi connectivity index (χ4n) is 4.02. The molecule has 1 amide bonds. The van der Waals surface area contributed by atoms with Crippen LogP contribution in [0.2, 0.25) is 0 Å². The van der Waals surface area contributed by atoms with Crippen LogP contribution in [0.1, 0.15) is 41.6 Å². The maximum absolute atomic E-state index is 13.0. The van der Waals surface area contributed by atoms with Gasteiger partial charge in [0.2, 0.25) is 5.88 Å². The molecule has 6 nitrogen and oxygen atoms in total. The van der Waals surface area contributed by atoms with Crippen molar-refractivity contribution in [3.8, 4) is 5.88 Å². The number of rotatable bonds is 4. The van der Waals surface area contributed by atoms with Gasteiger partial charge in [-0.05, 0) is 36.5 Å². The summed E-state index contributed by atoms with van der Waals surface area (Å²) in [5, 5.41) is 0. The number of pyridine rings is 2. The first kappa shape index (κ1) is 17.8. The lowest BCUT2D eigenvalue weighted by molar-refractivity contribution is 0.0790. The SMILES string of the molecule is COc1ccc(C2CCN(C(=O)c3ccnc(N4CCC(C)C4)c3)C2)cn1. The second-order valence-electron chi connectivity index (χ2n) is 7.61. The third-order valence-corrected chi connectivity index (χ3v) is 5.66. The molecule has 2 aromatic heterocycles. The van der Waals surface area contributed by atoms with Gasteiger partial charge in [-0.15, -0.1) is 0 Å². The molecule has 0 aliphatic carbocycles. The molecule has 6 heteroatoms. The summed E-state index contributed by atoms with van der Waals surface area (Å²) in [4.78, 5) is 26.0. The molecule has 0 bridgehead atoms. The Labute approximate surface area is 160 Å². The van der Waals surface area contributed by atoms with Crippen molar-refractivity contribution in [1.82, 2.24) is 14.9 Å². The summed E-state index contributed by atoms with van der Waals surface area (Å²) in [6, 6.07) is 7.70. The molecule has 2 saturated heterocycles. The highest BCUT2D eigenvalue weighted by Crippen LogP contribution is 2.29. The Morgan fingerprint density at radius 3 is 2.74 bits per heavy atom. The molecule has 4 rings (SSSR count). The van der Waals surface area contributed by atoms with Crippen molar-refractivity contribution in [2.75, 3.05) is 38.2 Å². The molecule has 27 heavy (non-hydrogen) atoms. The number of hydrogen-bond donors (Lipinski definition) is 0. The highest BCUT2D eigenvalue weighted by Gasteiger charge is 2.29. The van der Waals surface area contributed by atoms with Crippen molar-refractivity contribution < 1.29 is 9.53 Å². The number of amides is 1. The van der Waals surface area contributed by atoms with E-state index in [1.807, 2.05) is 35.4 Å². The van der Waals surface area contributed by atoms with E-state index in [9.17, 15) is 4.79 Å². The molecule has 2 unspecified atom stereocenters. The van der Waals surface area contributed by atoms with Crippen LogP contribution in [-0.4, -0.2) is 54.1 Å². The predicted molar refractivity (Wildman–Crippen MR) is 104 cm³/mol. The smallest absolute Gasteiger partial charge is 0.254 e. The number of aromatic nitrogens is 2. The lowest BCUT2D eigenvalue weighted by Gasteiger charge is -2.20. The van der Waals surface area contributed by atoms with Gasteiger partial charge in [-0.2, -0.15) is 0 Å². The average molecular weight is 366 g/mol. The molecular formula is C21H26N4O2. The summed E-state index contributed by atoms with van der Waals surface area (Å²) in [6.45, 7) is 5.79. The number of ether oxygens (including phenoxy) is 1. The van der Waals surface area contributed by atoms with Crippen molar-refractivity contribution in [2.45, 2.75) is 25.7 Å². The van der Waals surface area contributed by atoms with Crippen molar-refractivity contribution in [3.63, 3.8) is 0 Å². The first-order valence-electron chi connectivity index (χ1n) is 9.64. The summed E-state index contributed by atoms with van der Waals surface area (Å²) in [7, 11) is 1.61. The fourth-order valence-corrected chi connectivity index (χ4v) is 4.02. The van der Waals surface area contributed by atoms with Crippen LogP contribution < -0.4 is 9.64 Å². The Kier molecular flexibility index (Phi) is 4.97. The Bertz CT molecular complexity index is 808. The van der Waals surface area contributed by atoms with E-state index in [1.165, 1.54) is 6.42 Å².